The minimum Gasteiger partial charge on any atom is -0.377 e. The molecular weight excluding hydrogens is 240 g/mol. The number of carbonyl (C=O) groups excluding carboxylic acids is 1. The molecule has 0 saturated carbocycles. The van der Waals surface area contributed by atoms with Crippen LogP contribution in [0, 0.1) is 11.3 Å². The number of amides is 1. The van der Waals surface area contributed by atoms with Gasteiger partial charge in [0, 0.05) is 18.7 Å². The first-order chi connectivity index (χ1) is 9.31. The van der Waals surface area contributed by atoms with Crippen LogP contribution in [-0.2, 0) is 4.74 Å². The Morgan fingerprint density at radius 2 is 2.00 bits per heavy atom. The Hall–Kier alpha value is -1.86. The number of hydrogen-bond donors (Lipinski definition) is 0. The molecule has 4 nitrogen and oxygen atoms in total. The highest BCUT2D eigenvalue weighted by Crippen LogP contribution is 2.16. The Balaban J connectivity index is 1.80. The summed E-state index contributed by atoms with van der Waals surface area (Å²) >= 11 is 0. The lowest BCUT2D eigenvalue weighted by Gasteiger charge is -2.31. The first-order valence-electron chi connectivity index (χ1n) is 6.64. The van der Waals surface area contributed by atoms with Crippen LogP contribution < -0.4 is 0 Å². The quantitative estimate of drug-likeness (QED) is 0.778. The maximum absolute atomic E-state index is 12.2. The third kappa shape index (κ3) is 3.80. The molecule has 4 heteroatoms. The number of hydrogen-bond acceptors (Lipinski definition) is 3. The van der Waals surface area contributed by atoms with Gasteiger partial charge in [-0.2, -0.15) is 5.26 Å². The van der Waals surface area contributed by atoms with Crippen molar-refractivity contribution in [1.29, 1.82) is 5.26 Å². The lowest BCUT2D eigenvalue weighted by molar-refractivity contribution is 0.0111. The second kappa shape index (κ2) is 6.91. The molecule has 0 aliphatic carbocycles. The fourth-order valence-electron chi connectivity index (χ4n) is 2.26. The molecule has 1 aromatic carbocycles. The van der Waals surface area contributed by atoms with E-state index in [1.807, 2.05) is 35.2 Å². The number of nitriles is 1. The molecule has 19 heavy (non-hydrogen) atoms. The van der Waals surface area contributed by atoms with Crippen LogP contribution in [-0.4, -0.2) is 36.6 Å². The molecule has 0 radical (unpaired) electrons. The molecule has 1 heterocycles. The topological polar surface area (TPSA) is 53.3 Å². The maximum atomic E-state index is 12.2. The molecule has 0 N–H and O–H groups in total. The summed E-state index contributed by atoms with van der Waals surface area (Å²) in [7, 11) is 0. The summed E-state index contributed by atoms with van der Waals surface area (Å²) in [6.07, 6.45) is 2.32. The van der Waals surface area contributed by atoms with Crippen molar-refractivity contribution in [2.75, 3.05) is 19.7 Å². The average Bonchev–Trinajstić information content (AvgIpc) is 2.48. The smallest absolute Gasteiger partial charge is 0.253 e. The van der Waals surface area contributed by atoms with Crippen molar-refractivity contribution in [2.24, 2.45) is 0 Å². The summed E-state index contributed by atoms with van der Waals surface area (Å²) in [5.74, 6) is 0.0936. The van der Waals surface area contributed by atoms with Gasteiger partial charge in [-0.1, -0.05) is 18.2 Å². The van der Waals surface area contributed by atoms with E-state index in [1.165, 1.54) is 0 Å². The average molecular weight is 258 g/mol. The molecule has 100 valence electrons. The monoisotopic (exact) mass is 258 g/mol. The molecule has 0 spiro atoms. The lowest BCUT2D eigenvalue weighted by atomic mass is 10.1. The minimum absolute atomic E-state index is 0.0936. The van der Waals surface area contributed by atoms with Crippen molar-refractivity contribution < 1.29 is 9.53 Å². The van der Waals surface area contributed by atoms with Gasteiger partial charge in [-0.25, -0.2) is 0 Å². The first kappa shape index (κ1) is 13.6. The van der Waals surface area contributed by atoms with Crippen LogP contribution in [0.25, 0.3) is 0 Å². The Morgan fingerprint density at radius 1 is 1.32 bits per heavy atom. The van der Waals surface area contributed by atoms with E-state index < -0.39 is 0 Å². The van der Waals surface area contributed by atoms with Crippen LogP contribution in [0.5, 0.6) is 0 Å². The Labute approximate surface area is 113 Å². The summed E-state index contributed by atoms with van der Waals surface area (Å²) in [5.41, 5.74) is 0.742. The van der Waals surface area contributed by atoms with Gasteiger partial charge in [0.1, 0.15) is 0 Å². The Bertz CT molecular complexity index is 445. The molecule has 0 bridgehead atoms. The van der Waals surface area contributed by atoms with E-state index in [9.17, 15) is 4.79 Å². The molecule has 2 rings (SSSR count). The van der Waals surface area contributed by atoms with Gasteiger partial charge in [0.15, 0.2) is 0 Å². The second-order valence-electron chi connectivity index (χ2n) is 4.64. The van der Waals surface area contributed by atoms with Crippen LogP contribution in [0.3, 0.4) is 0 Å². The zero-order valence-electron chi connectivity index (χ0n) is 10.9. The van der Waals surface area contributed by atoms with Crippen molar-refractivity contribution in [2.45, 2.75) is 25.4 Å². The minimum atomic E-state index is 0.0936. The van der Waals surface area contributed by atoms with Gasteiger partial charge in [0.25, 0.3) is 5.91 Å². The number of piperidine rings is 1. The summed E-state index contributed by atoms with van der Waals surface area (Å²) in [6.45, 7) is 1.95. The van der Waals surface area contributed by atoms with Crippen LogP contribution in [0.15, 0.2) is 30.3 Å². The normalized spacial score (nSPS) is 16.1. The van der Waals surface area contributed by atoms with Gasteiger partial charge in [0.05, 0.1) is 25.2 Å². The number of ether oxygens (including phenoxy) is 1. The summed E-state index contributed by atoms with van der Waals surface area (Å²) in [6, 6.07) is 11.4. The van der Waals surface area contributed by atoms with Gasteiger partial charge in [-0.3, -0.25) is 4.79 Å². The highest BCUT2D eigenvalue weighted by atomic mass is 16.5. The summed E-state index contributed by atoms with van der Waals surface area (Å²) in [5, 5.41) is 8.45. The molecule has 1 aromatic rings. The fourth-order valence-corrected chi connectivity index (χ4v) is 2.26. The van der Waals surface area contributed by atoms with Crippen molar-refractivity contribution in [3.8, 4) is 6.07 Å². The molecule has 0 aromatic heterocycles. The second-order valence-corrected chi connectivity index (χ2v) is 4.64. The van der Waals surface area contributed by atoms with Gasteiger partial charge < -0.3 is 9.64 Å². The molecule has 0 unspecified atom stereocenters. The third-order valence-electron chi connectivity index (χ3n) is 3.32. The van der Waals surface area contributed by atoms with Crippen LogP contribution in [0.4, 0.5) is 0 Å². The zero-order valence-corrected chi connectivity index (χ0v) is 10.9. The molecular formula is C15H18N2O2. The Kier molecular flexibility index (Phi) is 4.93. The predicted octanol–water partition coefficient (Wildman–Crippen LogP) is 2.22. The first-order valence-corrected chi connectivity index (χ1v) is 6.64. The molecule has 1 aliphatic rings. The molecule has 1 amide bonds. The van der Waals surface area contributed by atoms with Crippen molar-refractivity contribution in [3.05, 3.63) is 35.9 Å². The van der Waals surface area contributed by atoms with Crippen molar-refractivity contribution in [1.82, 2.24) is 4.90 Å². The van der Waals surface area contributed by atoms with E-state index in [-0.39, 0.29) is 12.0 Å². The summed E-state index contributed by atoms with van der Waals surface area (Å²) < 4.78 is 5.60. The van der Waals surface area contributed by atoms with Crippen LogP contribution in [0.1, 0.15) is 29.6 Å². The van der Waals surface area contributed by atoms with Gasteiger partial charge >= 0.3 is 0 Å². The van der Waals surface area contributed by atoms with Crippen molar-refractivity contribution in [3.63, 3.8) is 0 Å². The van der Waals surface area contributed by atoms with Crippen LogP contribution in [0.2, 0.25) is 0 Å². The molecule has 1 saturated heterocycles. The lowest BCUT2D eigenvalue weighted by Crippen LogP contribution is -2.40. The van der Waals surface area contributed by atoms with E-state index in [0.717, 1.165) is 31.5 Å². The predicted molar refractivity (Wildman–Crippen MR) is 71.5 cm³/mol. The number of likely N-dealkylation sites (tertiary alicyclic amines) is 1. The highest BCUT2D eigenvalue weighted by Gasteiger charge is 2.23. The molecule has 1 fully saturated rings. The van der Waals surface area contributed by atoms with Crippen molar-refractivity contribution >= 4 is 5.91 Å². The van der Waals surface area contributed by atoms with Gasteiger partial charge in [-0.05, 0) is 25.0 Å². The molecule has 1 aliphatic heterocycles. The highest BCUT2D eigenvalue weighted by molar-refractivity contribution is 5.94. The largest absolute Gasteiger partial charge is 0.377 e. The van der Waals surface area contributed by atoms with Crippen LogP contribution >= 0.6 is 0 Å². The summed E-state index contributed by atoms with van der Waals surface area (Å²) in [4.78, 5) is 14.1. The standard InChI is InChI=1S/C15H18N2O2/c16-9-4-12-19-14-7-10-17(11-8-14)15(18)13-5-2-1-3-6-13/h1-3,5-6,14H,4,7-8,10-12H2. The number of rotatable bonds is 4. The van der Waals surface area contributed by atoms with Gasteiger partial charge in [0.2, 0.25) is 0 Å². The number of nitrogens with zero attached hydrogens (tertiary/aromatic N) is 2. The van der Waals surface area contributed by atoms with E-state index in [2.05, 4.69) is 6.07 Å². The third-order valence-corrected chi connectivity index (χ3v) is 3.32. The number of carbonyl (C=O) groups is 1. The number of benzene rings is 1. The van der Waals surface area contributed by atoms with E-state index in [1.54, 1.807) is 0 Å². The zero-order chi connectivity index (χ0) is 13.5. The fraction of sp³-hybridized carbons (Fsp3) is 0.467. The van der Waals surface area contributed by atoms with E-state index in [4.69, 9.17) is 10.00 Å². The van der Waals surface area contributed by atoms with Gasteiger partial charge in [-0.15, -0.1) is 0 Å². The molecule has 0 atom stereocenters. The van der Waals surface area contributed by atoms with E-state index >= 15 is 0 Å². The SMILES string of the molecule is N#CCCOC1CCN(C(=O)c2ccccc2)CC1. The maximum Gasteiger partial charge on any atom is 0.253 e. The van der Waals surface area contributed by atoms with E-state index in [0.29, 0.717) is 13.0 Å². The Morgan fingerprint density at radius 3 is 2.63 bits per heavy atom.